The van der Waals surface area contributed by atoms with Gasteiger partial charge in [0.05, 0.1) is 44.5 Å². The normalized spacial score (nSPS) is 13.5. The predicted molar refractivity (Wildman–Crippen MR) is 362 cm³/mol. The first-order valence-electron chi connectivity index (χ1n) is 30.0. The molecule has 4 aliphatic heterocycles. The standard InChI is InChI=1S/C78H46B2N6/c1-3-21-47(22-4-1)81-67-39-17-11-31-59(67)79-61-33-19-29-55-57-46-70-58(45-69(57)85(77(55)61)73-43-49(41-71(81)75(73)79)83-63-35-13-7-25-51(63)52-26-8-14-36-64(52)83)56-30-20-34-62-78(56)86(70)74-44-50(84-65-37-15-9-27-53(65)54-28-10-16-38-66(54)84)42-72-76(74)80(62)60-32-12-18-40-68(60)82(72)48-23-5-2-6-24-48/h1-46H. The van der Waals surface area contributed by atoms with Gasteiger partial charge in [-0.25, -0.2) is 0 Å². The Labute approximate surface area is 494 Å². The number of rotatable bonds is 4. The highest BCUT2D eigenvalue weighted by Gasteiger charge is 2.45. The minimum absolute atomic E-state index is 0.0106. The average molecular weight is 1090 g/mol. The fourth-order valence-corrected chi connectivity index (χ4v) is 16.6. The molecule has 0 N–H and O–H groups in total. The van der Waals surface area contributed by atoms with Crippen molar-refractivity contribution in [1.29, 1.82) is 0 Å². The number of anilines is 6. The molecule has 86 heavy (non-hydrogen) atoms. The van der Waals surface area contributed by atoms with Crippen molar-refractivity contribution in [3.05, 3.63) is 279 Å². The van der Waals surface area contributed by atoms with Crippen molar-refractivity contribution < 1.29 is 0 Å². The van der Waals surface area contributed by atoms with Gasteiger partial charge in [-0.15, -0.1) is 0 Å². The molecule has 394 valence electrons. The summed E-state index contributed by atoms with van der Waals surface area (Å²) in [4.78, 5) is 5.06. The highest BCUT2D eigenvalue weighted by Crippen LogP contribution is 2.48. The highest BCUT2D eigenvalue weighted by atomic mass is 15.2. The molecule has 0 amide bonds. The Morgan fingerprint density at radius 1 is 0.198 bits per heavy atom. The number of aromatic nitrogens is 4. The second-order valence-corrected chi connectivity index (χ2v) is 23.9. The third-order valence-electron chi connectivity index (χ3n) is 19.8. The van der Waals surface area contributed by atoms with Crippen LogP contribution in [0.2, 0.25) is 0 Å². The molecule has 17 aromatic rings. The Bertz CT molecular complexity index is 5420. The molecular weight excluding hydrogens is 1040 g/mol. The molecule has 4 aromatic heterocycles. The quantitative estimate of drug-likeness (QED) is 0.164. The summed E-state index contributed by atoms with van der Waals surface area (Å²) in [5.74, 6) is 0. The van der Waals surface area contributed by atoms with E-state index < -0.39 is 0 Å². The molecule has 0 saturated carbocycles. The summed E-state index contributed by atoms with van der Waals surface area (Å²) >= 11 is 0. The van der Waals surface area contributed by atoms with Crippen LogP contribution in [-0.4, -0.2) is 31.7 Å². The van der Waals surface area contributed by atoms with Crippen LogP contribution in [0.4, 0.5) is 34.1 Å². The lowest BCUT2D eigenvalue weighted by atomic mass is 9.34. The van der Waals surface area contributed by atoms with Crippen LogP contribution in [0.1, 0.15) is 0 Å². The fraction of sp³-hybridized carbons (Fsp3) is 0. The number of hydrogen-bond acceptors (Lipinski definition) is 2. The minimum atomic E-state index is -0.0106. The molecule has 0 aliphatic carbocycles. The van der Waals surface area contributed by atoms with Gasteiger partial charge < -0.3 is 28.1 Å². The summed E-state index contributed by atoms with van der Waals surface area (Å²) in [6, 6.07) is 105. The Balaban J connectivity index is 0.905. The molecule has 0 spiro atoms. The van der Waals surface area contributed by atoms with E-state index in [4.69, 9.17) is 0 Å². The summed E-state index contributed by atoms with van der Waals surface area (Å²) in [5, 5.41) is 9.98. The second-order valence-electron chi connectivity index (χ2n) is 23.9. The van der Waals surface area contributed by atoms with E-state index in [9.17, 15) is 0 Å². The first-order chi connectivity index (χ1) is 42.7. The third kappa shape index (κ3) is 5.60. The highest BCUT2D eigenvalue weighted by molar-refractivity contribution is 7.01. The van der Waals surface area contributed by atoms with E-state index in [-0.39, 0.29) is 13.4 Å². The van der Waals surface area contributed by atoms with Gasteiger partial charge in [-0.3, -0.25) is 0 Å². The van der Waals surface area contributed by atoms with Crippen molar-refractivity contribution in [1.82, 2.24) is 18.3 Å². The largest absolute Gasteiger partial charge is 0.311 e. The number of nitrogens with zero attached hydrogens (tertiary/aromatic N) is 6. The van der Waals surface area contributed by atoms with E-state index in [1.165, 1.54) is 154 Å². The van der Waals surface area contributed by atoms with Gasteiger partial charge in [0.25, 0.3) is 13.4 Å². The van der Waals surface area contributed by atoms with Crippen LogP contribution >= 0.6 is 0 Å². The van der Waals surface area contributed by atoms with Gasteiger partial charge in [-0.05, 0) is 130 Å². The van der Waals surface area contributed by atoms with E-state index in [1.807, 2.05) is 0 Å². The van der Waals surface area contributed by atoms with Gasteiger partial charge in [0.1, 0.15) is 0 Å². The van der Waals surface area contributed by atoms with E-state index in [1.54, 1.807) is 0 Å². The van der Waals surface area contributed by atoms with Crippen LogP contribution in [-0.2, 0) is 0 Å². The van der Waals surface area contributed by atoms with E-state index in [2.05, 4.69) is 307 Å². The van der Waals surface area contributed by atoms with Crippen LogP contribution in [0.5, 0.6) is 0 Å². The maximum absolute atomic E-state index is 2.66. The summed E-state index contributed by atoms with van der Waals surface area (Å²) in [7, 11) is 0. The lowest BCUT2D eigenvalue weighted by Gasteiger charge is -2.40. The Kier molecular flexibility index (Phi) is 8.60. The fourth-order valence-electron chi connectivity index (χ4n) is 16.6. The van der Waals surface area contributed by atoms with Crippen molar-refractivity contribution in [2.24, 2.45) is 0 Å². The smallest absolute Gasteiger partial charge is 0.252 e. The zero-order valence-electron chi connectivity index (χ0n) is 46.4. The minimum Gasteiger partial charge on any atom is -0.311 e. The Morgan fingerprint density at radius 2 is 0.523 bits per heavy atom. The van der Waals surface area contributed by atoms with Gasteiger partial charge >= 0.3 is 0 Å². The molecule has 0 saturated heterocycles. The van der Waals surface area contributed by atoms with Crippen molar-refractivity contribution in [3.8, 4) is 22.7 Å². The van der Waals surface area contributed by atoms with Crippen molar-refractivity contribution >= 4 is 168 Å². The summed E-state index contributed by atoms with van der Waals surface area (Å²) in [6.07, 6.45) is 0. The van der Waals surface area contributed by atoms with E-state index in [0.717, 1.165) is 22.7 Å². The first-order valence-corrected chi connectivity index (χ1v) is 30.0. The van der Waals surface area contributed by atoms with Crippen LogP contribution in [0, 0.1) is 0 Å². The predicted octanol–water partition coefficient (Wildman–Crippen LogP) is 15.3. The van der Waals surface area contributed by atoms with Gasteiger partial charge in [0.15, 0.2) is 0 Å². The lowest BCUT2D eigenvalue weighted by Crippen LogP contribution is -2.60. The second kappa shape index (κ2) is 16.3. The molecule has 0 atom stereocenters. The summed E-state index contributed by atoms with van der Waals surface area (Å²) < 4.78 is 10.3. The Hall–Kier alpha value is -11.2. The average Bonchev–Trinajstić information content (AvgIpc) is 1.39. The van der Waals surface area contributed by atoms with Gasteiger partial charge in [0.2, 0.25) is 0 Å². The number of benzene rings is 13. The Morgan fingerprint density at radius 3 is 0.930 bits per heavy atom. The maximum atomic E-state index is 2.66. The summed E-state index contributed by atoms with van der Waals surface area (Å²) in [6.45, 7) is -0.0211. The molecular formula is C78H46B2N6. The van der Waals surface area contributed by atoms with Gasteiger partial charge in [0, 0.05) is 99.6 Å². The van der Waals surface area contributed by atoms with Crippen molar-refractivity contribution in [2.45, 2.75) is 0 Å². The molecule has 0 unspecified atom stereocenters. The van der Waals surface area contributed by atoms with E-state index >= 15 is 0 Å². The molecule has 0 bridgehead atoms. The molecule has 8 heterocycles. The van der Waals surface area contributed by atoms with E-state index in [0.29, 0.717) is 0 Å². The maximum Gasteiger partial charge on any atom is 0.252 e. The topological polar surface area (TPSA) is 26.2 Å². The van der Waals surface area contributed by atoms with Crippen LogP contribution < -0.4 is 42.6 Å². The zero-order chi connectivity index (χ0) is 55.6. The first kappa shape index (κ1) is 45.3. The van der Waals surface area contributed by atoms with Crippen molar-refractivity contribution in [3.63, 3.8) is 0 Å². The third-order valence-corrected chi connectivity index (χ3v) is 19.8. The lowest BCUT2D eigenvalue weighted by molar-refractivity contribution is 1.13. The monoisotopic (exact) mass is 1090 g/mol. The summed E-state index contributed by atoms with van der Waals surface area (Å²) in [5.41, 5.74) is 29.4. The van der Waals surface area contributed by atoms with Gasteiger partial charge in [-0.2, -0.15) is 0 Å². The van der Waals surface area contributed by atoms with Crippen LogP contribution in [0.3, 0.4) is 0 Å². The SMILES string of the molecule is c1ccc(N2c3ccccc3B3c4c2cc(-n2c5ccccc5c5ccccc52)cc4-n2c4cc5c6cccc7c6n(c5cc4c4cccc3c42)-c2cc(-n3c4ccccc4c4ccccc43)cc3c2B7c2ccccc2N3c2ccccc2)cc1. The molecule has 13 aromatic carbocycles. The van der Waals surface area contributed by atoms with Crippen LogP contribution in [0.15, 0.2) is 279 Å². The molecule has 0 radical (unpaired) electrons. The molecule has 0 fully saturated rings. The molecule has 21 rings (SSSR count). The molecule has 8 heteroatoms. The molecule has 6 nitrogen and oxygen atoms in total. The van der Waals surface area contributed by atoms with Gasteiger partial charge in [-0.1, -0.05) is 182 Å². The number of fused-ring (bicyclic) bond motifs is 20. The zero-order valence-corrected chi connectivity index (χ0v) is 46.4. The van der Waals surface area contributed by atoms with Crippen LogP contribution in [0.25, 0.3) is 110 Å². The molecule has 4 aliphatic rings. The number of para-hydroxylation sites is 10. The van der Waals surface area contributed by atoms with Crippen molar-refractivity contribution in [2.75, 3.05) is 9.80 Å². The number of hydrogen-bond donors (Lipinski definition) is 0.